The summed E-state index contributed by atoms with van der Waals surface area (Å²) < 4.78 is 41.4. The smallest absolute Gasteiger partial charge is 0.298 e. The van der Waals surface area contributed by atoms with E-state index < -0.39 is 11.9 Å². The largest absolute Gasteiger partial charge is 0.433 e. The molecular weight excluding hydrogens is 393 g/mol. The van der Waals surface area contributed by atoms with Crippen LogP contribution in [-0.4, -0.2) is 42.6 Å². The third kappa shape index (κ3) is 4.30. The molecule has 0 radical (unpaired) electrons. The van der Waals surface area contributed by atoms with Crippen molar-refractivity contribution < 1.29 is 13.2 Å². The van der Waals surface area contributed by atoms with Crippen LogP contribution in [0.25, 0.3) is 5.65 Å². The van der Waals surface area contributed by atoms with Gasteiger partial charge >= 0.3 is 6.18 Å². The average Bonchev–Trinajstić information content (AvgIpc) is 3.34. The van der Waals surface area contributed by atoms with E-state index in [4.69, 9.17) is 0 Å². The molecule has 160 valence electrons. The highest BCUT2D eigenvalue weighted by molar-refractivity contribution is 5.43. The second kappa shape index (κ2) is 8.29. The monoisotopic (exact) mass is 418 g/mol. The number of halogens is 3. The molecule has 3 aromatic rings. The summed E-state index contributed by atoms with van der Waals surface area (Å²) in [4.78, 5) is 15.4. The molecule has 0 amide bonds. The molecule has 3 aromatic heterocycles. The van der Waals surface area contributed by atoms with E-state index in [-0.39, 0.29) is 11.6 Å². The SMILES string of the molecule is CCCc1ncc(CN2CCC(c3cc4nc(CC)cc(C(F)(F)F)n4n3)C2)cn1. The molecule has 30 heavy (non-hydrogen) atoms. The maximum Gasteiger partial charge on any atom is 0.433 e. The quantitative estimate of drug-likeness (QED) is 0.605. The highest BCUT2D eigenvalue weighted by Crippen LogP contribution is 2.32. The van der Waals surface area contributed by atoms with Gasteiger partial charge in [0.15, 0.2) is 5.65 Å². The zero-order valence-corrected chi connectivity index (χ0v) is 17.2. The number of aryl methyl sites for hydroxylation is 2. The van der Waals surface area contributed by atoms with Crippen molar-refractivity contribution in [2.75, 3.05) is 13.1 Å². The molecule has 1 aliphatic rings. The van der Waals surface area contributed by atoms with Crippen molar-refractivity contribution in [2.24, 2.45) is 0 Å². The molecule has 1 unspecified atom stereocenters. The molecule has 6 nitrogen and oxygen atoms in total. The van der Waals surface area contributed by atoms with Crippen LogP contribution in [-0.2, 0) is 25.6 Å². The zero-order valence-electron chi connectivity index (χ0n) is 17.2. The Kier molecular flexibility index (Phi) is 5.73. The van der Waals surface area contributed by atoms with Crippen LogP contribution in [0.1, 0.15) is 61.1 Å². The van der Waals surface area contributed by atoms with E-state index in [9.17, 15) is 13.2 Å². The summed E-state index contributed by atoms with van der Waals surface area (Å²) in [6.07, 6.45) is 2.42. The first-order valence-corrected chi connectivity index (χ1v) is 10.4. The Labute approximate surface area is 173 Å². The first-order valence-electron chi connectivity index (χ1n) is 10.4. The molecule has 1 atom stereocenters. The summed E-state index contributed by atoms with van der Waals surface area (Å²) in [5, 5.41) is 4.29. The molecule has 9 heteroatoms. The molecule has 0 saturated carbocycles. The van der Waals surface area contributed by atoms with E-state index in [1.165, 1.54) is 0 Å². The first kappa shape index (κ1) is 20.7. The normalized spacial score (nSPS) is 17.8. The minimum absolute atomic E-state index is 0.0816. The summed E-state index contributed by atoms with van der Waals surface area (Å²) in [5.74, 6) is 0.933. The first-order chi connectivity index (χ1) is 14.4. The van der Waals surface area contributed by atoms with Crippen molar-refractivity contribution in [1.29, 1.82) is 0 Å². The second-order valence-corrected chi connectivity index (χ2v) is 7.80. The van der Waals surface area contributed by atoms with Crippen molar-refractivity contribution in [2.45, 2.75) is 58.2 Å². The highest BCUT2D eigenvalue weighted by Gasteiger charge is 2.36. The number of alkyl halides is 3. The van der Waals surface area contributed by atoms with Gasteiger partial charge in [0.25, 0.3) is 0 Å². The van der Waals surface area contributed by atoms with E-state index in [0.29, 0.717) is 17.8 Å². The van der Waals surface area contributed by atoms with Crippen LogP contribution in [0.3, 0.4) is 0 Å². The number of hydrogen-bond acceptors (Lipinski definition) is 5. The minimum Gasteiger partial charge on any atom is -0.298 e. The Balaban J connectivity index is 1.51. The minimum atomic E-state index is -4.47. The van der Waals surface area contributed by atoms with Crippen LogP contribution < -0.4 is 0 Å². The third-order valence-electron chi connectivity index (χ3n) is 5.48. The number of rotatable bonds is 6. The van der Waals surface area contributed by atoms with Gasteiger partial charge in [-0.2, -0.15) is 18.3 Å². The lowest BCUT2D eigenvalue weighted by molar-refractivity contribution is -0.142. The Morgan fingerprint density at radius 1 is 1.13 bits per heavy atom. The van der Waals surface area contributed by atoms with Crippen LogP contribution >= 0.6 is 0 Å². The Morgan fingerprint density at radius 3 is 2.57 bits per heavy atom. The van der Waals surface area contributed by atoms with Crippen molar-refractivity contribution in [3.8, 4) is 0 Å². The van der Waals surface area contributed by atoms with Gasteiger partial charge in [0, 0.05) is 55.1 Å². The Bertz CT molecular complexity index is 1010. The van der Waals surface area contributed by atoms with Crippen LogP contribution in [0.5, 0.6) is 0 Å². The van der Waals surface area contributed by atoms with Gasteiger partial charge in [0.2, 0.25) is 0 Å². The van der Waals surface area contributed by atoms with Crippen molar-refractivity contribution in [3.05, 3.63) is 53.0 Å². The Hall–Kier alpha value is -2.55. The van der Waals surface area contributed by atoms with Gasteiger partial charge in [-0.1, -0.05) is 13.8 Å². The molecule has 1 aliphatic heterocycles. The maximum atomic E-state index is 13.5. The topological polar surface area (TPSA) is 59.2 Å². The standard InChI is InChI=1S/C21H25F3N6/c1-3-5-19-25-10-14(11-26-19)12-29-7-6-15(13-29)17-9-20-27-16(4-2)8-18(21(22,23)24)30(20)28-17/h8-11,15H,3-7,12-13H2,1-2H3. The van der Waals surface area contributed by atoms with Gasteiger partial charge in [-0.3, -0.25) is 4.90 Å². The van der Waals surface area contributed by atoms with Crippen LogP contribution in [0, 0.1) is 0 Å². The summed E-state index contributed by atoms with van der Waals surface area (Å²) in [7, 11) is 0. The van der Waals surface area contributed by atoms with Crippen molar-refractivity contribution >= 4 is 5.65 Å². The van der Waals surface area contributed by atoms with E-state index >= 15 is 0 Å². The van der Waals surface area contributed by atoms with Crippen molar-refractivity contribution in [1.82, 2.24) is 29.5 Å². The van der Waals surface area contributed by atoms with Gasteiger partial charge in [-0.15, -0.1) is 0 Å². The predicted molar refractivity (Wildman–Crippen MR) is 106 cm³/mol. The van der Waals surface area contributed by atoms with E-state index in [1.807, 2.05) is 12.4 Å². The third-order valence-corrected chi connectivity index (χ3v) is 5.48. The van der Waals surface area contributed by atoms with Gasteiger partial charge in [-0.25, -0.2) is 19.5 Å². The van der Waals surface area contributed by atoms with E-state index in [0.717, 1.165) is 60.9 Å². The molecule has 0 aromatic carbocycles. The summed E-state index contributed by atoms with van der Waals surface area (Å²) >= 11 is 0. The molecule has 0 bridgehead atoms. The Morgan fingerprint density at radius 2 is 1.90 bits per heavy atom. The predicted octanol–water partition coefficient (Wildman–Crippen LogP) is 4.04. The van der Waals surface area contributed by atoms with Gasteiger partial charge in [0.05, 0.1) is 5.69 Å². The summed E-state index contributed by atoms with van der Waals surface area (Å²) in [5.41, 5.74) is 1.61. The molecule has 4 heterocycles. The van der Waals surface area contributed by atoms with Gasteiger partial charge in [-0.05, 0) is 31.9 Å². The lowest BCUT2D eigenvalue weighted by atomic mass is 10.1. The van der Waals surface area contributed by atoms with Crippen molar-refractivity contribution in [3.63, 3.8) is 0 Å². The van der Waals surface area contributed by atoms with Gasteiger partial charge in [0.1, 0.15) is 11.5 Å². The number of likely N-dealkylation sites (tertiary alicyclic amines) is 1. The fraction of sp³-hybridized carbons (Fsp3) is 0.524. The van der Waals surface area contributed by atoms with Crippen LogP contribution in [0.15, 0.2) is 24.5 Å². The lowest BCUT2D eigenvalue weighted by Crippen LogP contribution is -2.20. The van der Waals surface area contributed by atoms with Crippen LogP contribution in [0.2, 0.25) is 0 Å². The van der Waals surface area contributed by atoms with E-state index in [2.05, 4.69) is 31.9 Å². The lowest BCUT2D eigenvalue weighted by Gasteiger charge is -2.15. The van der Waals surface area contributed by atoms with Crippen LogP contribution in [0.4, 0.5) is 13.2 Å². The number of fused-ring (bicyclic) bond motifs is 1. The average molecular weight is 418 g/mol. The molecule has 0 N–H and O–H groups in total. The molecule has 1 saturated heterocycles. The maximum absolute atomic E-state index is 13.5. The molecule has 0 spiro atoms. The fourth-order valence-electron chi connectivity index (χ4n) is 3.92. The fourth-order valence-corrected chi connectivity index (χ4v) is 3.92. The molecular formula is C21H25F3N6. The summed E-state index contributed by atoms with van der Waals surface area (Å²) in [6, 6.07) is 2.79. The second-order valence-electron chi connectivity index (χ2n) is 7.80. The molecule has 4 rings (SSSR count). The zero-order chi connectivity index (χ0) is 21.3. The number of hydrogen-bond donors (Lipinski definition) is 0. The molecule has 1 fully saturated rings. The summed E-state index contributed by atoms with van der Waals surface area (Å²) in [6.45, 7) is 6.21. The van der Waals surface area contributed by atoms with E-state index in [1.54, 1.807) is 13.0 Å². The van der Waals surface area contributed by atoms with Gasteiger partial charge < -0.3 is 0 Å². The number of nitrogens with zero attached hydrogens (tertiary/aromatic N) is 6. The number of aromatic nitrogens is 5. The molecule has 0 aliphatic carbocycles. The highest BCUT2D eigenvalue weighted by atomic mass is 19.4.